The van der Waals surface area contributed by atoms with E-state index in [0.29, 0.717) is 40.5 Å². The quantitative estimate of drug-likeness (QED) is 0.271. The number of nitrogens with zero attached hydrogens (tertiary/aromatic N) is 2. The zero-order chi connectivity index (χ0) is 24.8. The van der Waals surface area contributed by atoms with E-state index in [1.54, 1.807) is 24.9 Å². The van der Waals surface area contributed by atoms with Crippen LogP contribution in [0.4, 0.5) is 5.69 Å². The molecule has 0 saturated carbocycles. The Morgan fingerprint density at radius 1 is 1.00 bits per heavy atom. The van der Waals surface area contributed by atoms with Crippen LogP contribution in [-0.4, -0.2) is 35.4 Å². The number of carbonyl (C=O) groups excluding carboxylic acids is 1. The molecule has 3 aromatic carbocycles. The number of ether oxygens (including phenoxy) is 2. The van der Waals surface area contributed by atoms with Crippen LogP contribution in [0.5, 0.6) is 11.5 Å². The number of aryl methyl sites for hydroxylation is 2. The highest BCUT2D eigenvalue weighted by atomic mass is 32.2. The van der Waals surface area contributed by atoms with E-state index in [9.17, 15) is 9.59 Å². The third-order valence-corrected chi connectivity index (χ3v) is 6.51. The van der Waals surface area contributed by atoms with Crippen molar-refractivity contribution in [3.05, 3.63) is 88.2 Å². The van der Waals surface area contributed by atoms with Crippen LogP contribution in [0.15, 0.2) is 76.7 Å². The van der Waals surface area contributed by atoms with Crippen molar-refractivity contribution in [3.8, 4) is 11.5 Å². The summed E-state index contributed by atoms with van der Waals surface area (Å²) in [6.07, 6.45) is 0.587. The number of nitrogens with one attached hydrogen (secondary N) is 1. The predicted molar refractivity (Wildman–Crippen MR) is 140 cm³/mol. The molecule has 0 bridgehead atoms. The van der Waals surface area contributed by atoms with Crippen LogP contribution in [-0.2, 0) is 17.8 Å². The van der Waals surface area contributed by atoms with Gasteiger partial charge in [-0.05, 0) is 60.9 Å². The molecule has 8 heteroatoms. The summed E-state index contributed by atoms with van der Waals surface area (Å²) in [4.78, 5) is 30.6. The second-order valence-corrected chi connectivity index (χ2v) is 8.96. The number of amides is 1. The summed E-state index contributed by atoms with van der Waals surface area (Å²) in [5.74, 6) is 1.26. The van der Waals surface area contributed by atoms with Crippen LogP contribution >= 0.6 is 11.8 Å². The average Bonchev–Trinajstić information content (AvgIpc) is 2.87. The largest absolute Gasteiger partial charge is 0.493 e. The number of hydrogen-bond acceptors (Lipinski definition) is 6. The van der Waals surface area contributed by atoms with Crippen LogP contribution < -0.4 is 20.3 Å². The summed E-state index contributed by atoms with van der Waals surface area (Å²) < 4.78 is 12.4. The summed E-state index contributed by atoms with van der Waals surface area (Å²) in [5.41, 5.74) is 3.29. The fourth-order valence-corrected chi connectivity index (χ4v) is 4.61. The zero-order valence-electron chi connectivity index (χ0n) is 19.9. The van der Waals surface area contributed by atoms with Gasteiger partial charge in [-0.15, -0.1) is 0 Å². The average molecular weight is 490 g/mol. The van der Waals surface area contributed by atoms with Crippen LogP contribution in [0, 0.1) is 6.92 Å². The van der Waals surface area contributed by atoms with Crippen LogP contribution in [0.25, 0.3) is 10.9 Å². The number of anilines is 1. The maximum absolute atomic E-state index is 13.3. The van der Waals surface area contributed by atoms with Gasteiger partial charge in [0, 0.05) is 12.2 Å². The molecule has 4 rings (SSSR count). The van der Waals surface area contributed by atoms with E-state index in [2.05, 4.69) is 5.32 Å². The first-order chi connectivity index (χ1) is 17.0. The first-order valence-corrected chi connectivity index (χ1v) is 12.2. The van der Waals surface area contributed by atoms with E-state index < -0.39 is 0 Å². The highest BCUT2D eigenvalue weighted by molar-refractivity contribution is 7.99. The minimum Gasteiger partial charge on any atom is -0.493 e. The fourth-order valence-electron chi connectivity index (χ4n) is 3.78. The second kappa shape index (κ2) is 11.1. The van der Waals surface area contributed by atoms with Crippen molar-refractivity contribution in [3.63, 3.8) is 0 Å². The van der Waals surface area contributed by atoms with Gasteiger partial charge in [-0.1, -0.05) is 42.1 Å². The van der Waals surface area contributed by atoms with E-state index in [1.807, 2.05) is 67.6 Å². The highest BCUT2D eigenvalue weighted by Gasteiger charge is 2.14. The molecule has 1 N–H and O–H groups in total. The number of fused-ring (bicyclic) bond motifs is 1. The number of aromatic nitrogens is 2. The Kier molecular flexibility index (Phi) is 7.72. The van der Waals surface area contributed by atoms with Crippen LogP contribution in [0.1, 0.15) is 11.1 Å². The van der Waals surface area contributed by atoms with Crippen molar-refractivity contribution in [2.45, 2.75) is 25.0 Å². The molecule has 1 heterocycles. The van der Waals surface area contributed by atoms with E-state index in [1.165, 1.54) is 11.8 Å². The smallest absolute Gasteiger partial charge is 0.262 e. The van der Waals surface area contributed by atoms with Crippen molar-refractivity contribution < 1.29 is 14.3 Å². The first-order valence-electron chi connectivity index (χ1n) is 11.2. The summed E-state index contributed by atoms with van der Waals surface area (Å²) in [6, 6.07) is 20.6. The van der Waals surface area contributed by atoms with E-state index in [-0.39, 0.29) is 17.2 Å². The molecule has 0 saturated heterocycles. The number of methoxy groups -OCH3 is 2. The number of rotatable bonds is 9. The minimum atomic E-state index is -0.158. The van der Waals surface area contributed by atoms with Gasteiger partial charge in [-0.25, -0.2) is 4.98 Å². The van der Waals surface area contributed by atoms with E-state index in [4.69, 9.17) is 14.5 Å². The van der Waals surface area contributed by atoms with Gasteiger partial charge >= 0.3 is 0 Å². The van der Waals surface area contributed by atoms with Crippen molar-refractivity contribution in [2.24, 2.45) is 0 Å². The first kappa shape index (κ1) is 24.3. The van der Waals surface area contributed by atoms with E-state index >= 15 is 0 Å². The molecular formula is C27H27N3O4S. The summed E-state index contributed by atoms with van der Waals surface area (Å²) in [5, 5.41) is 3.96. The lowest BCUT2D eigenvalue weighted by atomic mass is 10.1. The van der Waals surface area contributed by atoms with Gasteiger partial charge in [0.05, 0.1) is 30.9 Å². The Bertz CT molecular complexity index is 1420. The fraction of sp³-hybridized carbons (Fsp3) is 0.222. The standard InChI is InChI=1S/C27H27N3O4S/c1-18-7-6-8-20(15-18)28-25(31)17-35-27-29-22-10-5-4-9-21(22)26(32)30(27)14-13-19-11-12-23(33-2)24(16-19)34-3/h4-12,15-16H,13-14,17H2,1-3H3,(H,28,31). The molecule has 0 aliphatic heterocycles. The highest BCUT2D eigenvalue weighted by Crippen LogP contribution is 2.28. The lowest BCUT2D eigenvalue weighted by molar-refractivity contribution is -0.113. The topological polar surface area (TPSA) is 82.5 Å². The lowest BCUT2D eigenvalue weighted by Crippen LogP contribution is -2.25. The molecule has 4 aromatic rings. The maximum Gasteiger partial charge on any atom is 0.262 e. The Labute approximate surface area is 208 Å². The molecule has 0 atom stereocenters. The van der Waals surface area contributed by atoms with Gasteiger partial charge in [-0.2, -0.15) is 0 Å². The maximum atomic E-state index is 13.3. The molecule has 0 radical (unpaired) electrons. The third-order valence-electron chi connectivity index (χ3n) is 5.53. The number of thioether (sulfide) groups is 1. The number of carbonyl (C=O) groups is 1. The van der Waals surface area contributed by atoms with Gasteiger partial charge in [0.1, 0.15) is 0 Å². The van der Waals surface area contributed by atoms with Crippen LogP contribution in [0.3, 0.4) is 0 Å². The van der Waals surface area contributed by atoms with Crippen molar-refractivity contribution in [2.75, 3.05) is 25.3 Å². The molecule has 0 unspecified atom stereocenters. The Balaban J connectivity index is 1.57. The molecule has 35 heavy (non-hydrogen) atoms. The minimum absolute atomic E-state index is 0.127. The molecule has 0 aliphatic rings. The lowest BCUT2D eigenvalue weighted by Gasteiger charge is -2.14. The Hall–Kier alpha value is -3.78. The number of hydrogen-bond donors (Lipinski definition) is 1. The summed E-state index contributed by atoms with van der Waals surface area (Å²) in [7, 11) is 3.19. The summed E-state index contributed by atoms with van der Waals surface area (Å²) in [6.45, 7) is 2.38. The third kappa shape index (κ3) is 5.84. The molecule has 1 aromatic heterocycles. The predicted octanol–water partition coefficient (Wildman–Crippen LogP) is 4.70. The molecule has 180 valence electrons. The van der Waals surface area contributed by atoms with Crippen molar-refractivity contribution in [1.82, 2.24) is 9.55 Å². The Morgan fingerprint density at radius 2 is 1.80 bits per heavy atom. The van der Waals surface area contributed by atoms with Gasteiger partial charge in [0.15, 0.2) is 16.7 Å². The number of benzene rings is 3. The van der Waals surface area contributed by atoms with Crippen LogP contribution in [0.2, 0.25) is 0 Å². The van der Waals surface area contributed by atoms with Gasteiger partial charge in [0.25, 0.3) is 5.56 Å². The zero-order valence-corrected chi connectivity index (χ0v) is 20.7. The van der Waals surface area contributed by atoms with Crippen molar-refractivity contribution in [1.29, 1.82) is 0 Å². The molecule has 1 amide bonds. The van der Waals surface area contributed by atoms with Crippen molar-refractivity contribution >= 4 is 34.3 Å². The summed E-state index contributed by atoms with van der Waals surface area (Å²) >= 11 is 1.25. The number of para-hydroxylation sites is 1. The molecule has 0 fully saturated rings. The molecular weight excluding hydrogens is 462 g/mol. The SMILES string of the molecule is COc1ccc(CCn2c(SCC(=O)Nc3cccc(C)c3)nc3ccccc3c2=O)cc1OC. The molecule has 7 nitrogen and oxygen atoms in total. The van der Waals surface area contributed by atoms with E-state index in [0.717, 1.165) is 16.8 Å². The molecule has 0 spiro atoms. The van der Waals surface area contributed by atoms with Gasteiger partial charge in [0.2, 0.25) is 5.91 Å². The monoisotopic (exact) mass is 489 g/mol. The normalized spacial score (nSPS) is 10.8. The second-order valence-electron chi connectivity index (χ2n) is 8.01. The Morgan fingerprint density at radius 3 is 2.57 bits per heavy atom. The van der Waals surface area contributed by atoms with Gasteiger partial charge < -0.3 is 14.8 Å². The van der Waals surface area contributed by atoms with Gasteiger partial charge in [-0.3, -0.25) is 14.2 Å². The molecule has 0 aliphatic carbocycles.